The summed E-state index contributed by atoms with van der Waals surface area (Å²) in [6, 6.07) is 0.415. The molecule has 1 aromatic rings. The van der Waals surface area contributed by atoms with Gasteiger partial charge < -0.3 is 10.2 Å². The van der Waals surface area contributed by atoms with Crippen LogP contribution in [0.3, 0.4) is 0 Å². The minimum atomic E-state index is 0. The van der Waals surface area contributed by atoms with Crippen molar-refractivity contribution in [3.05, 3.63) is 17.3 Å². The van der Waals surface area contributed by atoms with Gasteiger partial charge in [0.15, 0.2) is 0 Å². The van der Waals surface area contributed by atoms with E-state index in [0.29, 0.717) is 12.0 Å². The van der Waals surface area contributed by atoms with Crippen LogP contribution in [0.15, 0.2) is 4.42 Å². The normalized spacial score (nSPS) is 29.7. The average molecular weight is 308 g/mol. The molecule has 0 radical (unpaired) electrons. The van der Waals surface area contributed by atoms with Crippen molar-refractivity contribution in [1.29, 1.82) is 0 Å². The smallest absolute Gasteiger partial charge is 0.208 e. The molecule has 110 valence electrons. The summed E-state index contributed by atoms with van der Waals surface area (Å²) < 4.78 is 5.64. The summed E-state index contributed by atoms with van der Waals surface area (Å²) >= 11 is 0. The molecule has 4 nitrogen and oxygen atoms in total. The third-order valence-electron chi connectivity index (χ3n) is 4.42. The van der Waals surface area contributed by atoms with Gasteiger partial charge in [-0.05, 0) is 38.5 Å². The van der Waals surface area contributed by atoms with Crippen molar-refractivity contribution in [2.24, 2.45) is 17.6 Å². The highest BCUT2D eigenvalue weighted by Gasteiger charge is 2.41. The van der Waals surface area contributed by atoms with Gasteiger partial charge in [-0.15, -0.1) is 24.8 Å². The number of fused-ring (bicyclic) bond motifs is 1. The first-order valence-corrected chi connectivity index (χ1v) is 6.54. The lowest BCUT2D eigenvalue weighted by Crippen LogP contribution is -2.30. The molecule has 0 bridgehead atoms. The van der Waals surface area contributed by atoms with Gasteiger partial charge in [0, 0.05) is 19.1 Å². The molecule has 2 fully saturated rings. The SMILES string of the molecule is Cc1nc(CN2CC3CCC(N)C3C2)oc1C.Cl.Cl. The third-order valence-corrected chi connectivity index (χ3v) is 4.42. The highest BCUT2D eigenvalue weighted by atomic mass is 35.5. The maximum Gasteiger partial charge on any atom is 0.208 e. The first-order valence-electron chi connectivity index (χ1n) is 6.54. The molecular weight excluding hydrogens is 285 g/mol. The largest absolute Gasteiger partial charge is 0.444 e. The van der Waals surface area contributed by atoms with E-state index in [1.165, 1.54) is 19.4 Å². The van der Waals surface area contributed by atoms with Crippen molar-refractivity contribution in [3.8, 4) is 0 Å². The van der Waals surface area contributed by atoms with Gasteiger partial charge in [0.25, 0.3) is 0 Å². The fourth-order valence-corrected chi connectivity index (χ4v) is 3.33. The van der Waals surface area contributed by atoms with E-state index in [4.69, 9.17) is 10.2 Å². The number of hydrogen-bond donors (Lipinski definition) is 1. The maximum absolute atomic E-state index is 6.14. The summed E-state index contributed by atoms with van der Waals surface area (Å²) in [5, 5.41) is 0. The molecule has 2 aliphatic rings. The van der Waals surface area contributed by atoms with E-state index in [0.717, 1.165) is 36.4 Å². The first-order chi connectivity index (χ1) is 8.13. The number of aryl methyl sites for hydroxylation is 2. The third kappa shape index (κ3) is 3.24. The van der Waals surface area contributed by atoms with Crippen molar-refractivity contribution >= 4 is 24.8 Å². The van der Waals surface area contributed by atoms with Crippen molar-refractivity contribution in [1.82, 2.24) is 9.88 Å². The monoisotopic (exact) mass is 307 g/mol. The number of rotatable bonds is 2. The Hall–Kier alpha value is -0.290. The second-order valence-corrected chi connectivity index (χ2v) is 5.61. The van der Waals surface area contributed by atoms with Gasteiger partial charge >= 0.3 is 0 Å². The summed E-state index contributed by atoms with van der Waals surface area (Å²) in [5.74, 6) is 3.30. The van der Waals surface area contributed by atoms with Crippen LogP contribution >= 0.6 is 24.8 Å². The van der Waals surface area contributed by atoms with Crippen LogP contribution < -0.4 is 5.73 Å². The minimum Gasteiger partial charge on any atom is -0.444 e. The number of halogens is 2. The number of nitrogens with two attached hydrogens (primary N) is 1. The Morgan fingerprint density at radius 2 is 2.00 bits per heavy atom. The van der Waals surface area contributed by atoms with E-state index in [2.05, 4.69) is 9.88 Å². The Labute approximate surface area is 126 Å². The second-order valence-electron chi connectivity index (χ2n) is 5.61. The molecule has 1 aliphatic carbocycles. The lowest BCUT2D eigenvalue weighted by molar-refractivity contribution is 0.264. The standard InChI is InChI=1S/C13H21N3O.2ClH/c1-8-9(2)17-13(15-8)7-16-5-10-3-4-12(14)11(10)6-16;;/h10-12H,3-7,14H2,1-2H3;2*1H. The van der Waals surface area contributed by atoms with E-state index in [-0.39, 0.29) is 24.8 Å². The number of likely N-dealkylation sites (tertiary alicyclic amines) is 1. The summed E-state index contributed by atoms with van der Waals surface area (Å²) in [4.78, 5) is 6.89. The zero-order chi connectivity index (χ0) is 12.0. The average Bonchev–Trinajstić information content (AvgIpc) is 2.89. The van der Waals surface area contributed by atoms with Gasteiger partial charge in [0.05, 0.1) is 12.2 Å². The van der Waals surface area contributed by atoms with E-state index in [9.17, 15) is 0 Å². The molecule has 1 aliphatic heterocycles. The predicted molar refractivity (Wildman–Crippen MR) is 79.9 cm³/mol. The van der Waals surface area contributed by atoms with Crippen molar-refractivity contribution in [3.63, 3.8) is 0 Å². The van der Waals surface area contributed by atoms with Crippen molar-refractivity contribution in [2.45, 2.75) is 39.3 Å². The van der Waals surface area contributed by atoms with Crippen LogP contribution in [0.2, 0.25) is 0 Å². The topological polar surface area (TPSA) is 55.3 Å². The fourth-order valence-electron chi connectivity index (χ4n) is 3.33. The highest BCUT2D eigenvalue weighted by molar-refractivity contribution is 5.85. The molecule has 3 atom stereocenters. The van der Waals surface area contributed by atoms with Gasteiger partial charge in [-0.3, -0.25) is 4.90 Å². The fraction of sp³-hybridized carbons (Fsp3) is 0.769. The molecule has 2 heterocycles. The number of nitrogens with zero attached hydrogens (tertiary/aromatic N) is 2. The molecule has 0 spiro atoms. The highest BCUT2D eigenvalue weighted by Crippen LogP contribution is 2.37. The van der Waals surface area contributed by atoms with Crippen LogP contribution in [0.4, 0.5) is 0 Å². The van der Waals surface area contributed by atoms with Gasteiger partial charge in [-0.1, -0.05) is 0 Å². The molecule has 6 heteroatoms. The summed E-state index contributed by atoms with van der Waals surface area (Å²) in [7, 11) is 0. The number of aromatic nitrogens is 1. The molecule has 1 saturated heterocycles. The molecule has 19 heavy (non-hydrogen) atoms. The molecule has 3 unspecified atom stereocenters. The molecule has 3 rings (SSSR count). The maximum atomic E-state index is 6.14. The van der Waals surface area contributed by atoms with Gasteiger partial charge in [-0.25, -0.2) is 4.98 Å². The number of hydrogen-bond acceptors (Lipinski definition) is 4. The molecule has 2 N–H and O–H groups in total. The predicted octanol–water partition coefficient (Wildman–Crippen LogP) is 2.30. The first kappa shape index (κ1) is 16.8. The molecule has 0 amide bonds. The summed E-state index contributed by atoms with van der Waals surface area (Å²) in [5.41, 5.74) is 7.15. The van der Waals surface area contributed by atoms with E-state index in [1.807, 2.05) is 13.8 Å². The van der Waals surface area contributed by atoms with E-state index in [1.54, 1.807) is 0 Å². The lowest BCUT2D eigenvalue weighted by Gasteiger charge is -2.16. The molecular formula is C13H23Cl2N3O. The molecule has 0 aromatic carbocycles. The summed E-state index contributed by atoms with van der Waals surface area (Å²) in [6.07, 6.45) is 2.51. The van der Waals surface area contributed by atoms with Crippen LogP contribution in [0.5, 0.6) is 0 Å². The van der Waals surface area contributed by atoms with Crippen LogP contribution in [-0.4, -0.2) is 29.0 Å². The minimum absolute atomic E-state index is 0. The van der Waals surface area contributed by atoms with Crippen molar-refractivity contribution in [2.75, 3.05) is 13.1 Å². The van der Waals surface area contributed by atoms with Gasteiger partial charge in [0.1, 0.15) is 5.76 Å². The number of oxazole rings is 1. The lowest BCUT2D eigenvalue weighted by atomic mass is 9.98. The molecule has 1 saturated carbocycles. The van der Waals surface area contributed by atoms with Gasteiger partial charge in [0.2, 0.25) is 5.89 Å². The Morgan fingerprint density at radius 1 is 1.26 bits per heavy atom. The zero-order valence-corrected chi connectivity index (χ0v) is 13.1. The zero-order valence-electron chi connectivity index (χ0n) is 11.5. The van der Waals surface area contributed by atoms with E-state index >= 15 is 0 Å². The quantitative estimate of drug-likeness (QED) is 0.911. The second kappa shape index (κ2) is 6.44. The Kier molecular flexibility index (Phi) is 5.68. The van der Waals surface area contributed by atoms with Crippen LogP contribution in [0.1, 0.15) is 30.2 Å². The van der Waals surface area contributed by atoms with Gasteiger partial charge in [-0.2, -0.15) is 0 Å². The Morgan fingerprint density at radius 3 is 2.58 bits per heavy atom. The van der Waals surface area contributed by atoms with Crippen LogP contribution in [0, 0.1) is 25.7 Å². The van der Waals surface area contributed by atoms with E-state index < -0.39 is 0 Å². The molecule has 1 aromatic heterocycles. The van der Waals surface area contributed by atoms with Crippen molar-refractivity contribution < 1.29 is 4.42 Å². The Bertz CT molecular complexity index is 405. The van der Waals surface area contributed by atoms with Crippen LogP contribution in [-0.2, 0) is 6.54 Å². The Balaban J connectivity index is 0.000000902. The summed E-state index contributed by atoms with van der Waals surface area (Å²) in [6.45, 7) is 7.09. The van der Waals surface area contributed by atoms with Crippen LogP contribution in [0.25, 0.3) is 0 Å².